The van der Waals surface area contributed by atoms with E-state index < -0.39 is 0 Å². The second kappa shape index (κ2) is 5.75. The molecule has 2 heterocycles. The predicted octanol–water partition coefficient (Wildman–Crippen LogP) is 2.98. The summed E-state index contributed by atoms with van der Waals surface area (Å²) in [5.41, 5.74) is 2.62. The highest BCUT2D eigenvalue weighted by Crippen LogP contribution is 2.28. The molecule has 5 heteroatoms. The summed E-state index contributed by atoms with van der Waals surface area (Å²) >= 11 is 3.41. The molecule has 0 unspecified atom stereocenters. The molecule has 0 amide bonds. The third kappa shape index (κ3) is 3.45. The van der Waals surface area contributed by atoms with E-state index in [0.717, 1.165) is 37.6 Å². The zero-order valence-corrected chi connectivity index (χ0v) is 13.8. The highest BCUT2D eigenvalue weighted by atomic mass is 79.9. The van der Waals surface area contributed by atoms with E-state index in [9.17, 15) is 0 Å². The molecule has 2 rings (SSSR count). The van der Waals surface area contributed by atoms with E-state index in [2.05, 4.69) is 64.2 Å². The van der Waals surface area contributed by atoms with Crippen LogP contribution in [0.1, 0.15) is 39.0 Å². The van der Waals surface area contributed by atoms with E-state index >= 15 is 0 Å². The lowest BCUT2D eigenvalue weighted by atomic mass is 9.81. The van der Waals surface area contributed by atoms with E-state index in [0.29, 0.717) is 10.7 Å². The van der Waals surface area contributed by atoms with Crippen LogP contribution in [0.15, 0.2) is 4.73 Å². The van der Waals surface area contributed by atoms with Gasteiger partial charge in [0.15, 0.2) is 4.73 Å². The highest BCUT2D eigenvalue weighted by molar-refractivity contribution is 9.10. The largest absolute Gasteiger partial charge is 0.369 e. The van der Waals surface area contributed by atoms with Gasteiger partial charge in [-0.05, 0) is 27.3 Å². The Hall–Kier alpha value is -0.680. The zero-order valence-electron chi connectivity index (χ0n) is 12.2. The number of nitrogens with zero attached hydrogens (tertiary/aromatic N) is 2. The molecule has 2 N–H and O–H groups in total. The van der Waals surface area contributed by atoms with Crippen molar-refractivity contribution in [3.63, 3.8) is 0 Å². The number of nitrogens with one attached hydrogen (secondary N) is 2. The number of fused-ring (bicyclic) bond motifs is 1. The summed E-state index contributed by atoms with van der Waals surface area (Å²) in [5, 5.41) is 6.90. The summed E-state index contributed by atoms with van der Waals surface area (Å²) < 4.78 is 0.679. The van der Waals surface area contributed by atoms with Crippen LogP contribution in [0, 0.1) is 11.3 Å². The van der Waals surface area contributed by atoms with E-state index in [4.69, 9.17) is 0 Å². The average Bonchev–Trinajstić information content (AvgIpc) is 2.35. The van der Waals surface area contributed by atoms with Crippen molar-refractivity contribution in [2.45, 2.75) is 40.7 Å². The summed E-state index contributed by atoms with van der Waals surface area (Å²) in [5.74, 6) is 1.59. The number of rotatable bonds is 4. The minimum atomic E-state index is 0.242. The van der Waals surface area contributed by atoms with E-state index in [-0.39, 0.29) is 5.41 Å². The van der Waals surface area contributed by atoms with Crippen molar-refractivity contribution in [3.05, 3.63) is 16.0 Å². The van der Waals surface area contributed by atoms with Gasteiger partial charge in [0.25, 0.3) is 0 Å². The molecule has 0 aliphatic carbocycles. The molecule has 1 aromatic rings. The highest BCUT2D eigenvalue weighted by Gasteiger charge is 2.24. The minimum absolute atomic E-state index is 0.242. The quantitative estimate of drug-likeness (QED) is 0.835. The van der Waals surface area contributed by atoms with Crippen molar-refractivity contribution in [2.75, 3.05) is 18.4 Å². The predicted molar refractivity (Wildman–Crippen MR) is 82.3 cm³/mol. The van der Waals surface area contributed by atoms with Crippen molar-refractivity contribution in [1.29, 1.82) is 0 Å². The van der Waals surface area contributed by atoms with Crippen LogP contribution in [-0.4, -0.2) is 23.1 Å². The van der Waals surface area contributed by atoms with Crippen LogP contribution in [0.5, 0.6) is 0 Å². The van der Waals surface area contributed by atoms with Crippen LogP contribution in [0.3, 0.4) is 0 Å². The second-order valence-electron chi connectivity index (χ2n) is 6.19. The van der Waals surface area contributed by atoms with Gasteiger partial charge in [-0.25, -0.2) is 9.97 Å². The minimum Gasteiger partial charge on any atom is -0.369 e. The summed E-state index contributed by atoms with van der Waals surface area (Å²) in [7, 11) is 0. The SMILES string of the molecule is CC(C)C(C)(C)CNc1nc(Br)nc2c1CNCC2. The lowest BCUT2D eigenvalue weighted by Crippen LogP contribution is -2.31. The van der Waals surface area contributed by atoms with Crippen LogP contribution < -0.4 is 10.6 Å². The van der Waals surface area contributed by atoms with Crippen molar-refractivity contribution >= 4 is 21.7 Å². The molecule has 19 heavy (non-hydrogen) atoms. The number of hydrogen-bond donors (Lipinski definition) is 2. The summed E-state index contributed by atoms with van der Waals surface area (Å²) in [6, 6.07) is 0. The third-order valence-electron chi connectivity index (χ3n) is 4.18. The molecule has 0 spiro atoms. The molecular formula is C14H23BrN4. The fourth-order valence-corrected chi connectivity index (χ4v) is 2.37. The van der Waals surface area contributed by atoms with Gasteiger partial charge in [-0.1, -0.05) is 27.7 Å². The Balaban J connectivity index is 2.18. The fourth-order valence-electron chi connectivity index (χ4n) is 1.97. The van der Waals surface area contributed by atoms with Crippen molar-refractivity contribution < 1.29 is 0 Å². The number of hydrogen-bond acceptors (Lipinski definition) is 4. The van der Waals surface area contributed by atoms with Crippen LogP contribution >= 0.6 is 15.9 Å². The molecule has 4 nitrogen and oxygen atoms in total. The molecule has 1 aliphatic rings. The topological polar surface area (TPSA) is 49.8 Å². The first-order valence-corrected chi connectivity index (χ1v) is 7.69. The first kappa shape index (κ1) is 14.7. The molecule has 1 aliphatic heterocycles. The standard InChI is InChI=1S/C14H23BrN4/c1-9(2)14(3,4)8-17-12-10-7-16-6-5-11(10)18-13(15)19-12/h9,16H,5-8H2,1-4H3,(H,17,18,19). The molecule has 1 aromatic heterocycles. The van der Waals surface area contributed by atoms with Crippen molar-refractivity contribution in [3.8, 4) is 0 Å². The normalized spacial score (nSPS) is 15.5. The van der Waals surface area contributed by atoms with Gasteiger partial charge in [0.1, 0.15) is 5.82 Å². The molecule has 0 bridgehead atoms. The maximum atomic E-state index is 4.50. The summed E-state index contributed by atoms with van der Waals surface area (Å²) in [6.45, 7) is 11.8. The van der Waals surface area contributed by atoms with Gasteiger partial charge in [0.05, 0.1) is 5.69 Å². The van der Waals surface area contributed by atoms with E-state index in [1.165, 1.54) is 5.56 Å². The summed E-state index contributed by atoms with van der Waals surface area (Å²) in [4.78, 5) is 8.98. The molecule has 0 saturated carbocycles. The zero-order chi connectivity index (χ0) is 14.0. The van der Waals surface area contributed by atoms with E-state index in [1.54, 1.807) is 0 Å². The maximum Gasteiger partial charge on any atom is 0.198 e. The molecule has 0 atom stereocenters. The van der Waals surface area contributed by atoms with Gasteiger partial charge >= 0.3 is 0 Å². The lowest BCUT2D eigenvalue weighted by Gasteiger charge is -2.30. The molecule has 0 fully saturated rings. The Morgan fingerprint density at radius 1 is 1.37 bits per heavy atom. The van der Waals surface area contributed by atoms with Gasteiger partial charge in [-0.15, -0.1) is 0 Å². The second-order valence-corrected chi connectivity index (χ2v) is 6.90. The Labute approximate surface area is 123 Å². The van der Waals surface area contributed by atoms with Gasteiger partial charge in [-0.3, -0.25) is 0 Å². The summed E-state index contributed by atoms with van der Waals surface area (Å²) in [6.07, 6.45) is 0.971. The number of halogens is 1. The molecule has 106 valence electrons. The molecular weight excluding hydrogens is 304 g/mol. The van der Waals surface area contributed by atoms with Gasteiger partial charge in [0.2, 0.25) is 0 Å². The number of aromatic nitrogens is 2. The Kier molecular flexibility index (Phi) is 4.46. The van der Waals surface area contributed by atoms with Gasteiger partial charge < -0.3 is 10.6 Å². The first-order valence-electron chi connectivity index (χ1n) is 6.90. The molecule has 0 aromatic carbocycles. The van der Waals surface area contributed by atoms with Crippen LogP contribution in [-0.2, 0) is 13.0 Å². The number of anilines is 1. The third-order valence-corrected chi connectivity index (χ3v) is 4.53. The van der Waals surface area contributed by atoms with Crippen LogP contribution in [0.25, 0.3) is 0 Å². The van der Waals surface area contributed by atoms with Crippen molar-refractivity contribution in [1.82, 2.24) is 15.3 Å². The Bertz CT molecular complexity index is 457. The average molecular weight is 327 g/mol. The van der Waals surface area contributed by atoms with Gasteiger partial charge in [-0.2, -0.15) is 0 Å². The monoisotopic (exact) mass is 326 g/mol. The van der Waals surface area contributed by atoms with Crippen LogP contribution in [0.2, 0.25) is 0 Å². The van der Waals surface area contributed by atoms with Gasteiger partial charge in [0, 0.05) is 31.6 Å². The molecule has 0 saturated heterocycles. The van der Waals surface area contributed by atoms with Crippen molar-refractivity contribution in [2.24, 2.45) is 11.3 Å². The van der Waals surface area contributed by atoms with Crippen LogP contribution in [0.4, 0.5) is 5.82 Å². The maximum absolute atomic E-state index is 4.50. The Morgan fingerprint density at radius 3 is 2.79 bits per heavy atom. The fraction of sp³-hybridized carbons (Fsp3) is 0.714. The smallest absolute Gasteiger partial charge is 0.198 e. The first-order chi connectivity index (χ1) is 8.90. The Morgan fingerprint density at radius 2 is 2.11 bits per heavy atom. The van der Waals surface area contributed by atoms with E-state index in [1.807, 2.05) is 0 Å². The lowest BCUT2D eigenvalue weighted by molar-refractivity contribution is 0.269. The molecule has 0 radical (unpaired) electrons.